The van der Waals surface area contributed by atoms with Crippen LogP contribution in [0.1, 0.15) is 18.1 Å². The molecule has 0 radical (unpaired) electrons. The van der Waals surface area contributed by atoms with Crippen molar-refractivity contribution in [2.45, 2.75) is 25.1 Å². The first kappa shape index (κ1) is 17.5. The first-order valence-electron chi connectivity index (χ1n) is 8.70. The Morgan fingerprint density at radius 1 is 1.24 bits per heavy atom. The lowest BCUT2D eigenvalue weighted by Gasteiger charge is -2.36. The van der Waals surface area contributed by atoms with E-state index < -0.39 is 6.10 Å². The Balaban J connectivity index is 1.53. The van der Waals surface area contributed by atoms with Gasteiger partial charge in [-0.15, -0.1) is 0 Å². The lowest BCUT2D eigenvalue weighted by atomic mass is 10.0. The molecule has 2 amide bonds. The van der Waals surface area contributed by atoms with Gasteiger partial charge < -0.3 is 24.6 Å². The van der Waals surface area contributed by atoms with Crippen LogP contribution in [0.2, 0.25) is 0 Å². The number of urea groups is 1. The van der Waals surface area contributed by atoms with E-state index in [0.717, 1.165) is 12.1 Å². The first-order chi connectivity index (χ1) is 12.2. The van der Waals surface area contributed by atoms with E-state index in [0.29, 0.717) is 32.7 Å². The van der Waals surface area contributed by atoms with Gasteiger partial charge in [0.1, 0.15) is 0 Å². The van der Waals surface area contributed by atoms with Crippen LogP contribution in [-0.2, 0) is 11.3 Å². The highest BCUT2D eigenvalue weighted by Crippen LogP contribution is 2.22. The van der Waals surface area contributed by atoms with Crippen LogP contribution in [0.4, 0.5) is 4.79 Å². The maximum atomic E-state index is 12.5. The van der Waals surface area contributed by atoms with Crippen LogP contribution in [0.25, 0.3) is 0 Å². The number of nitrogens with zero attached hydrogens (tertiary/aromatic N) is 2. The molecule has 0 saturated carbocycles. The van der Waals surface area contributed by atoms with Crippen LogP contribution in [0, 0.1) is 0 Å². The molecule has 134 valence electrons. The maximum absolute atomic E-state index is 12.5. The number of rotatable bonds is 6. The Morgan fingerprint density at radius 3 is 2.76 bits per heavy atom. The van der Waals surface area contributed by atoms with Gasteiger partial charge in [-0.25, -0.2) is 4.79 Å². The molecule has 0 spiro atoms. The highest BCUT2D eigenvalue weighted by Gasteiger charge is 2.29. The van der Waals surface area contributed by atoms with Gasteiger partial charge >= 0.3 is 6.03 Å². The van der Waals surface area contributed by atoms with Crippen LogP contribution in [0.15, 0.2) is 54.9 Å². The van der Waals surface area contributed by atoms with Crippen molar-refractivity contribution in [3.05, 3.63) is 60.4 Å². The fraction of sp³-hybridized carbons (Fsp3) is 0.421. The van der Waals surface area contributed by atoms with Crippen molar-refractivity contribution >= 4 is 6.03 Å². The third kappa shape index (κ3) is 4.84. The lowest BCUT2D eigenvalue weighted by molar-refractivity contribution is -0.00691. The zero-order chi connectivity index (χ0) is 17.5. The minimum absolute atomic E-state index is 0.0966. The van der Waals surface area contributed by atoms with E-state index in [2.05, 4.69) is 5.32 Å². The molecule has 2 atom stereocenters. The van der Waals surface area contributed by atoms with E-state index >= 15 is 0 Å². The fourth-order valence-corrected chi connectivity index (χ4v) is 3.10. The highest BCUT2D eigenvalue weighted by molar-refractivity contribution is 5.74. The number of aliphatic hydroxyl groups is 1. The number of amides is 2. The topological polar surface area (TPSA) is 66.7 Å². The largest absolute Gasteiger partial charge is 0.388 e. The van der Waals surface area contributed by atoms with Crippen LogP contribution in [0.3, 0.4) is 0 Å². The summed E-state index contributed by atoms with van der Waals surface area (Å²) in [6.07, 6.45) is 3.80. The van der Waals surface area contributed by atoms with Crippen LogP contribution >= 0.6 is 0 Å². The lowest BCUT2D eigenvalue weighted by Crippen LogP contribution is -2.53. The third-order valence-electron chi connectivity index (χ3n) is 4.48. The van der Waals surface area contributed by atoms with Crippen molar-refractivity contribution < 1.29 is 14.6 Å². The first-order valence-corrected chi connectivity index (χ1v) is 8.70. The number of hydrogen-bond donors (Lipinski definition) is 2. The SMILES string of the molecule is O=C(NCCn1cccc1)N1CCOCC1CC(O)c1ccccc1. The summed E-state index contributed by atoms with van der Waals surface area (Å²) in [5, 5.41) is 13.4. The number of carbonyl (C=O) groups is 1. The standard InChI is InChI=1S/C19H25N3O3/c23-18(16-6-2-1-3-7-16)14-17-15-25-13-12-22(17)19(24)20-8-11-21-9-4-5-10-21/h1-7,9-10,17-18,23H,8,11-15H2,(H,20,24). The minimum atomic E-state index is -0.608. The summed E-state index contributed by atoms with van der Waals surface area (Å²) in [4.78, 5) is 14.3. The molecular formula is C19H25N3O3. The monoisotopic (exact) mass is 343 g/mol. The summed E-state index contributed by atoms with van der Waals surface area (Å²) in [5.74, 6) is 0. The van der Waals surface area contributed by atoms with E-state index in [4.69, 9.17) is 4.74 Å². The number of ether oxygens (including phenoxy) is 1. The molecule has 1 aromatic carbocycles. The van der Waals surface area contributed by atoms with E-state index in [9.17, 15) is 9.90 Å². The smallest absolute Gasteiger partial charge is 0.317 e. The molecule has 6 heteroatoms. The predicted molar refractivity (Wildman–Crippen MR) is 95.2 cm³/mol. The van der Waals surface area contributed by atoms with Crippen LogP contribution in [0.5, 0.6) is 0 Å². The molecule has 1 saturated heterocycles. The van der Waals surface area contributed by atoms with Crippen molar-refractivity contribution in [1.82, 2.24) is 14.8 Å². The normalized spacial score (nSPS) is 18.8. The predicted octanol–water partition coefficient (Wildman–Crippen LogP) is 2.02. The second kappa shape index (κ2) is 8.69. The van der Waals surface area contributed by atoms with Crippen molar-refractivity contribution in [1.29, 1.82) is 0 Å². The molecule has 1 fully saturated rings. The van der Waals surface area contributed by atoms with Gasteiger partial charge in [0.15, 0.2) is 0 Å². The average Bonchev–Trinajstić information content (AvgIpc) is 3.16. The molecule has 1 aliphatic rings. The highest BCUT2D eigenvalue weighted by atomic mass is 16.5. The van der Waals surface area contributed by atoms with E-state index in [1.165, 1.54) is 0 Å². The number of benzene rings is 1. The van der Waals surface area contributed by atoms with E-state index in [1.807, 2.05) is 59.4 Å². The average molecular weight is 343 g/mol. The van der Waals surface area contributed by atoms with Crippen molar-refractivity contribution in [3.8, 4) is 0 Å². The van der Waals surface area contributed by atoms with Gasteiger partial charge in [-0.05, 0) is 17.7 Å². The van der Waals surface area contributed by atoms with Gasteiger partial charge in [-0.2, -0.15) is 0 Å². The number of hydrogen-bond acceptors (Lipinski definition) is 3. The van der Waals surface area contributed by atoms with Crippen LogP contribution < -0.4 is 5.32 Å². The molecule has 3 rings (SSSR count). The molecule has 1 aromatic heterocycles. The Bertz CT molecular complexity index is 645. The molecule has 0 aliphatic carbocycles. The zero-order valence-corrected chi connectivity index (χ0v) is 14.3. The van der Waals surface area contributed by atoms with Gasteiger partial charge in [0.25, 0.3) is 0 Å². The van der Waals surface area contributed by atoms with Gasteiger partial charge in [-0.1, -0.05) is 30.3 Å². The molecule has 6 nitrogen and oxygen atoms in total. The van der Waals surface area contributed by atoms with Gasteiger partial charge in [0, 0.05) is 38.4 Å². The van der Waals surface area contributed by atoms with Crippen molar-refractivity contribution in [2.24, 2.45) is 0 Å². The summed E-state index contributed by atoms with van der Waals surface area (Å²) in [6.45, 7) is 2.83. The summed E-state index contributed by atoms with van der Waals surface area (Å²) < 4.78 is 7.55. The van der Waals surface area contributed by atoms with Crippen LogP contribution in [-0.4, -0.2) is 52.9 Å². The molecule has 2 N–H and O–H groups in total. The number of morpholine rings is 1. The molecular weight excluding hydrogens is 318 g/mol. The molecule has 0 bridgehead atoms. The second-order valence-electron chi connectivity index (χ2n) is 6.24. The summed E-state index contributed by atoms with van der Waals surface area (Å²) in [7, 11) is 0. The molecule has 1 aliphatic heterocycles. The zero-order valence-electron chi connectivity index (χ0n) is 14.3. The summed E-state index contributed by atoms with van der Waals surface area (Å²) in [6, 6.07) is 13.2. The third-order valence-corrected chi connectivity index (χ3v) is 4.48. The van der Waals surface area contributed by atoms with E-state index in [-0.39, 0.29) is 12.1 Å². The van der Waals surface area contributed by atoms with Gasteiger partial charge in [-0.3, -0.25) is 0 Å². The summed E-state index contributed by atoms with van der Waals surface area (Å²) in [5.41, 5.74) is 0.862. The molecule has 2 unspecified atom stereocenters. The maximum Gasteiger partial charge on any atom is 0.317 e. The Hall–Kier alpha value is -2.31. The molecule has 2 aromatic rings. The number of carbonyl (C=O) groups excluding carboxylic acids is 1. The summed E-state index contributed by atoms with van der Waals surface area (Å²) >= 11 is 0. The van der Waals surface area contributed by atoms with E-state index in [1.54, 1.807) is 4.90 Å². The Morgan fingerprint density at radius 2 is 2.00 bits per heavy atom. The Kier molecular flexibility index (Phi) is 6.09. The number of aliphatic hydroxyl groups excluding tert-OH is 1. The van der Waals surface area contributed by atoms with Gasteiger partial charge in [0.2, 0.25) is 0 Å². The molecule has 2 heterocycles. The minimum Gasteiger partial charge on any atom is -0.388 e. The fourth-order valence-electron chi connectivity index (χ4n) is 3.10. The second-order valence-corrected chi connectivity index (χ2v) is 6.24. The number of nitrogens with one attached hydrogen (secondary N) is 1. The number of aromatic nitrogens is 1. The quantitative estimate of drug-likeness (QED) is 0.843. The Labute approximate surface area is 148 Å². The van der Waals surface area contributed by atoms with Crippen molar-refractivity contribution in [3.63, 3.8) is 0 Å². The molecule has 25 heavy (non-hydrogen) atoms. The van der Waals surface area contributed by atoms with Gasteiger partial charge in [0.05, 0.1) is 25.4 Å². The van der Waals surface area contributed by atoms with Crippen molar-refractivity contribution in [2.75, 3.05) is 26.3 Å².